The van der Waals surface area contributed by atoms with Gasteiger partial charge in [-0.1, -0.05) is 12.1 Å². The van der Waals surface area contributed by atoms with Crippen molar-refractivity contribution >= 4 is 11.6 Å². The van der Waals surface area contributed by atoms with E-state index >= 15 is 0 Å². The number of carbonyl (C=O) groups excluding carboxylic acids is 1. The topological polar surface area (TPSA) is 58.4 Å². The normalized spacial score (nSPS) is 19.9. The Hall–Kier alpha value is -1.55. The summed E-state index contributed by atoms with van der Waals surface area (Å²) >= 11 is 0. The minimum atomic E-state index is 0.0578. The molecule has 20 heavy (non-hydrogen) atoms. The number of hydrogen-bond acceptors (Lipinski definition) is 3. The molecule has 1 aromatic rings. The highest BCUT2D eigenvalue weighted by Crippen LogP contribution is 2.28. The molecule has 2 aliphatic rings. The summed E-state index contributed by atoms with van der Waals surface area (Å²) < 4.78 is 0. The van der Waals surface area contributed by atoms with E-state index in [2.05, 4.69) is 10.2 Å². The van der Waals surface area contributed by atoms with Crippen LogP contribution in [0, 0.1) is 5.92 Å². The Labute approximate surface area is 120 Å². The molecule has 0 spiro atoms. The number of amides is 1. The highest BCUT2D eigenvalue weighted by atomic mass is 16.1. The predicted octanol–water partition coefficient (Wildman–Crippen LogP) is 1.75. The Kier molecular flexibility index (Phi) is 3.92. The zero-order valence-corrected chi connectivity index (χ0v) is 11.8. The van der Waals surface area contributed by atoms with Crippen molar-refractivity contribution in [2.75, 3.05) is 24.5 Å². The van der Waals surface area contributed by atoms with E-state index in [1.54, 1.807) is 0 Å². The summed E-state index contributed by atoms with van der Waals surface area (Å²) in [7, 11) is 0. The van der Waals surface area contributed by atoms with Gasteiger partial charge in [0.05, 0.1) is 5.56 Å². The van der Waals surface area contributed by atoms with Crippen LogP contribution < -0.4 is 16.0 Å². The Morgan fingerprint density at radius 1 is 1.20 bits per heavy atom. The maximum Gasteiger partial charge on any atom is 0.253 e. The van der Waals surface area contributed by atoms with Crippen LogP contribution in [0.1, 0.15) is 36.0 Å². The second kappa shape index (κ2) is 5.83. The van der Waals surface area contributed by atoms with Gasteiger partial charge in [0.1, 0.15) is 0 Å². The van der Waals surface area contributed by atoms with Gasteiger partial charge in [0.2, 0.25) is 0 Å². The zero-order chi connectivity index (χ0) is 13.9. The van der Waals surface area contributed by atoms with Gasteiger partial charge in [0, 0.05) is 31.4 Å². The molecule has 4 nitrogen and oxygen atoms in total. The lowest BCUT2D eigenvalue weighted by Crippen LogP contribution is -2.40. The molecule has 4 heteroatoms. The molecule has 2 fully saturated rings. The molecular formula is C16H23N3O. The number of piperidine rings is 1. The molecule has 1 aliphatic carbocycles. The largest absolute Gasteiger partial charge is 0.371 e. The minimum absolute atomic E-state index is 0.0578. The van der Waals surface area contributed by atoms with Crippen molar-refractivity contribution in [3.8, 4) is 0 Å². The first-order valence-electron chi connectivity index (χ1n) is 7.62. The van der Waals surface area contributed by atoms with E-state index in [-0.39, 0.29) is 5.91 Å². The van der Waals surface area contributed by atoms with Gasteiger partial charge in [0.25, 0.3) is 5.91 Å². The molecule has 1 aromatic carbocycles. The first-order chi connectivity index (χ1) is 9.74. The summed E-state index contributed by atoms with van der Waals surface area (Å²) in [6, 6.07) is 8.21. The van der Waals surface area contributed by atoms with Crippen molar-refractivity contribution in [1.29, 1.82) is 0 Å². The third-order valence-corrected chi connectivity index (χ3v) is 4.28. The number of nitrogens with one attached hydrogen (secondary N) is 1. The SMILES string of the molecule is NC1CCN(c2ccccc2C(=O)NCC2CC2)CC1. The maximum absolute atomic E-state index is 12.3. The van der Waals surface area contributed by atoms with Crippen LogP contribution in [0.5, 0.6) is 0 Å². The molecule has 1 amide bonds. The summed E-state index contributed by atoms with van der Waals surface area (Å²) in [6.07, 6.45) is 4.51. The lowest BCUT2D eigenvalue weighted by Gasteiger charge is -2.33. The molecule has 0 bridgehead atoms. The van der Waals surface area contributed by atoms with Gasteiger partial charge in [0.15, 0.2) is 0 Å². The third-order valence-electron chi connectivity index (χ3n) is 4.28. The lowest BCUT2D eigenvalue weighted by molar-refractivity contribution is 0.0952. The van der Waals surface area contributed by atoms with Crippen molar-refractivity contribution < 1.29 is 4.79 Å². The average Bonchev–Trinajstić information content (AvgIpc) is 3.30. The van der Waals surface area contributed by atoms with E-state index in [1.807, 2.05) is 24.3 Å². The van der Waals surface area contributed by atoms with Crippen LogP contribution in [0.2, 0.25) is 0 Å². The predicted molar refractivity (Wildman–Crippen MR) is 80.9 cm³/mol. The Morgan fingerprint density at radius 3 is 2.60 bits per heavy atom. The van der Waals surface area contributed by atoms with Gasteiger partial charge in [-0.3, -0.25) is 4.79 Å². The van der Waals surface area contributed by atoms with Crippen molar-refractivity contribution in [2.45, 2.75) is 31.7 Å². The molecule has 1 saturated carbocycles. The van der Waals surface area contributed by atoms with E-state index in [0.29, 0.717) is 12.0 Å². The van der Waals surface area contributed by atoms with Gasteiger partial charge in [-0.05, 0) is 43.7 Å². The second-order valence-electron chi connectivity index (χ2n) is 6.00. The maximum atomic E-state index is 12.3. The number of nitrogens with two attached hydrogens (primary N) is 1. The fraction of sp³-hybridized carbons (Fsp3) is 0.562. The first kappa shape index (κ1) is 13.4. The lowest BCUT2D eigenvalue weighted by atomic mass is 10.0. The number of hydrogen-bond donors (Lipinski definition) is 2. The fourth-order valence-electron chi connectivity index (χ4n) is 2.74. The molecule has 1 saturated heterocycles. The van der Waals surface area contributed by atoms with Crippen LogP contribution in [0.15, 0.2) is 24.3 Å². The highest BCUT2D eigenvalue weighted by molar-refractivity contribution is 5.99. The van der Waals surface area contributed by atoms with E-state index in [1.165, 1.54) is 12.8 Å². The van der Waals surface area contributed by atoms with Crippen LogP contribution in [-0.2, 0) is 0 Å². The van der Waals surface area contributed by atoms with Crippen LogP contribution in [-0.4, -0.2) is 31.6 Å². The Morgan fingerprint density at radius 2 is 1.90 bits per heavy atom. The summed E-state index contributed by atoms with van der Waals surface area (Å²) in [5.41, 5.74) is 7.80. The van der Waals surface area contributed by atoms with Crippen LogP contribution >= 0.6 is 0 Å². The van der Waals surface area contributed by atoms with Gasteiger partial charge in [-0.2, -0.15) is 0 Å². The third kappa shape index (κ3) is 3.12. The molecule has 0 atom stereocenters. The monoisotopic (exact) mass is 273 g/mol. The summed E-state index contributed by atoms with van der Waals surface area (Å²) in [6.45, 7) is 2.69. The van der Waals surface area contributed by atoms with Crippen LogP contribution in [0.4, 0.5) is 5.69 Å². The zero-order valence-electron chi connectivity index (χ0n) is 11.8. The minimum Gasteiger partial charge on any atom is -0.371 e. The Bertz CT molecular complexity index is 476. The van der Waals surface area contributed by atoms with E-state index in [9.17, 15) is 4.79 Å². The number of carbonyl (C=O) groups is 1. The number of benzene rings is 1. The number of nitrogens with zero attached hydrogens (tertiary/aromatic N) is 1. The molecule has 3 rings (SSSR count). The Balaban J connectivity index is 1.71. The number of rotatable bonds is 4. The van der Waals surface area contributed by atoms with Crippen molar-refractivity contribution in [3.05, 3.63) is 29.8 Å². The quantitative estimate of drug-likeness (QED) is 0.878. The molecule has 3 N–H and O–H groups in total. The molecule has 1 aliphatic heterocycles. The van der Waals surface area contributed by atoms with E-state index < -0.39 is 0 Å². The molecule has 0 aromatic heterocycles. The molecular weight excluding hydrogens is 250 g/mol. The fourth-order valence-corrected chi connectivity index (χ4v) is 2.74. The van der Waals surface area contributed by atoms with Crippen molar-refractivity contribution in [3.63, 3.8) is 0 Å². The smallest absolute Gasteiger partial charge is 0.253 e. The van der Waals surface area contributed by atoms with Crippen LogP contribution in [0.25, 0.3) is 0 Å². The van der Waals surface area contributed by atoms with E-state index in [4.69, 9.17) is 5.73 Å². The van der Waals surface area contributed by atoms with Gasteiger partial charge in [-0.15, -0.1) is 0 Å². The van der Waals surface area contributed by atoms with Gasteiger partial charge < -0.3 is 16.0 Å². The molecule has 108 valence electrons. The van der Waals surface area contributed by atoms with Crippen molar-refractivity contribution in [2.24, 2.45) is 11.7 Å². The standard InChI is InChI=1S/C16H23N3O/c17-13-7-9-19(10-8-13)15-4-2-1-3-14(15)16(20)18-11-12-5-6-12/h1-4,12-13H,5-11,17H2,(H,18,20). The highest BCUT2D eigenvalue weighted by Gasteiger charge is 2.24. The second-order valence-corrected chi connectivity index (χ2v) is 6.00. The average molecular weight is 273 g/mol. The number of anilines is 1. The summed E-state index contributed by atoms with van der Waals surface area (Å²) in [4.78, 5) is 14.6. The molecule has 0 unspecified atom stereocenters. The van der Waals surface area contributed by atoms with Crippen molar-refractivity contribution in [1.82, 2.24) is 5.32 Å². The first-order valence-corrected chi connectivity index (χ1v) is 7.62. The van der Waals surface area contributed by atoms with E-state index in [0.717, 1.165) is 43.7 Å². The summed E-state index contributed by atoms with van der Waals surface area (Å²) in [5.74, 6) is 0.765. The van der Waals surface area contributed by atoms with Crippen LogP contribution in [0.3, 0.4) is 0 Å². The number of para-hydroxylation sites is 1. The van der Waals surface area contributed by atoms with Gasteiger partial charge >= 0.3 is 0 Å². The molecule has 0 radical (unpaired) electrons. The van der Waals surface area contributed by atoms with Gasteiger partial charge in [-0.25, -0.2) is 0 Å². The summed E-state index contributed by atoms with van der Waals surface area (Å²) in [5, 5.41) is 3.06. The molecule has 1 heterocycles.